The van der Waals surface area contributed by atoms with E-state index in [1.807, 2.05) is 97.9 Å². The van der Waals surface area contributed by atoms with Gasteiger partial charge in [-0.3, -0.25) is 9.79 Å². The number of benzene rings is 4. The molecule has 0 aliphatic heterocycles. The van der Waals surface area contributed by atoms with E-state index in [2.05, 4.69) is 10.3 Å². The lowest BCUT2D eigenvalue weighted by molar-refractivity contribution is -0.118. The number of rotatable bonds is 6. The fourth-order valence-corrected chi connectivity index (χ4v) is 3.25. The number of hydrogen-bond acceptors (Lipinski definition) is 3. The SMILES string of the molecule is Cc1cccc(NC(=O)COc2ccc3ccccc3c2C=Nc2ccccc2)c1. The van der Waals surface area contributed by atoms with Crippen molar-refractivity contribution in [3.63, 3.8) is 0 Å². The molecule has 1 N–H and O–H groups in total. The van der Waals surface area contributed by atoms with Crippen LogP contribution >= 0.6 is 0 Å². The third-order valence-electron chi connectivity index (χ3n) is 4.69. The van der Waals surface area contributed by atoms with E-state index in [1.54, 1.807) is 6.21 Å². The number of anilines is 1. The molecule has 0 saturated carbocycles. The van der Waals surface area contributed by atoms with Crippen molar-refractivity contribution in [2.45, 2.75) is 6.92 Å². The van der Waals surface area contributed by atoms with Crippen LogP contribution in [0.3, 0.4) is 0 Å². The predicted octanol–water partition coefficient (Wildman–Crippen LogP) is 5.92. The zero-order chi connectivity index (χ0) is 20.8. The van der Waals surface area contributed by atoms with Gasteiger partial charge in [0.1, 0.15) is 5.75 Å². The molecule has 0 unspecified atom stereocenters. The Labute approximate surface area is 175 Å². The molecule has 4 aromatic rings. The van der Waals surface area contributed by atoms with Gasteiger partial charge in [-0.15, -0.1) is 0 Å². The molecule has 0 fully saturated rings. The summed E-state index contributed by atoms with van der Waals surface area (Å²) in [6, 6.07) is 29.3. The molecule has 0 atom stereocenters. The number of para-hydroxylation sites is 1. The molecule has 4 aromatic carbocycles. The van der Waals surface area contributed by atoms with Crippen molar-refractivity contribution in [3.05, 3.63) is 102 Å². The molecule has 4 rings (SSSR count). The quantitative estimate of drug-likeness (QED) is 0.413. The fraction of sp³-hybridized carbons (Fsp3) is 0.0769. The molecule has 0 heterocycles. The number of hydrogen-bond donors (Lipinski definition) is 1. The largest absolute Gasteiger partial charge is 0.483 e. The summed E-state index contributed by atoms with van der Waals surface area (Å²) in [4.78, 5) is 17.0. The van der Waals surface area contributed by atoms with Gasteiger partial charge in [-0.05, 0) is 53.6 Å². The maximum atomic E-state index is 12.4. The van der Waals surface area contributed by atoms with E-state index < -0.39 is 0 Å². The van der Waals surface area contributed by atoms with E-state index in [4.69, 9.17) is 4.74 Å². The second kappa shape index (κ2) is 9.05. The van der Waals surface area contributed by atoms with Crippen LogP contribution in [0.4, 0.5) is 11.4 Å². The Morgan fingerprint density at radius 2 is 1.73 bits per heavy atom. The summed E-state index contributed by atoms with van der Waals surface area (Å²) in [5, 5.41) is 4.98. The highest BCUT2D eigenvalue weighted by Gasteiger charge is 2.10. The highest BCUT2D eigenvalue weighted by atomic mass is 16.5. The first-order valence-corrected chi connectivity index (χ1v) is 9.79. The lowest BCUT2D eigenvalue weighted by atomic mass is 10.0. The maximum Gasteiger partial charge on any atom is 0.262 e. The third-order valence-corrected chi connectivity index (χ3v) is 4.69. The number of fused-ring (bicyclic) bond motifs is 1. The van der Waals surface area contributed by atoms with Gasteiger partial charge in [0, 0.05) is 17.5 Å². The van der Waals surface area contributed by atoms with Gasteiger partial charge >= 0.3 is 0 Å². The molecule has 30 heavy (non-hydrogen) atoms. The normalized spacial score (nSPS) is 11.0. The number of aliphatic imine (C=N–C) groups is 1. The van der Waals surface area contributed by atoms with Crippen molar-refractivity contribution in [2.24, 2.45) is 4.99 Å². The van der Waals surface area contributed by atoms with Crippen LogP contribution < -0.4 is 10.1 Å². The molecule has 0 aromatic heterocycles. The fourth-order valence-electron chi connectivity index (χ4n) is 3.25. The number of carbonyl (C=O) groups excluding carboxylic acids is 1. The van der Waals surface area contributed by atoms with Crippen molar-refractivity contribution in [3.8, 4) is 5.75 Å². The standard InChI is InChI=1S/C26H22N2O2/c1-19-8-7-12-22(16-19)28-26(29)18-30-25-15-14-20-9-5-6-13-23(20)24(25)17-27-21-10-3-2-4-11-21/h2-17H,18H2,1H3,(H,28,29). The smallest absolute Gasteiger partial charge is 0.262 e. The number of aryl methyl sites for hydroxylation is 1. The molecular weight excluding hydrogens is 372 g/mol. The van der Waals surface area contributed by atoms with E-state index in [9.17, 15) is 4.79 Å². The molecule has 4 heteroatoms. The number of ether oxygens (including phenoxy) is 1. The monoisotopic (exact) mass is 394 g/mol. The minimum Gasteiger partial charge on any atom is -0.483 e. The second-order valence-electron chi connectivity index (χ2n) is 7.00. The maximum absolute atomic E-state index is 12.4. The van der Waals surface area contributed by atoms with E-state index in [-0.39, 0.29) is 12.5 Å². The van der Waals surface area contributed by atoms with Gasteiger partial charge in [-0.1, -0.05) is 60.7 Å². The molecule has 148 valence electrons. The second-order valence-corrected chi connectivity index (χ2v) is 7.00. The van der Waals surface area contributed by atoms with Gasteiger partial charge in [0.2, 0.25) is 0 Å². The van der Waals surface area contributed by atoms with Crippen LogP contribution in [0.25, 0.3) is 10.8 Å². The lowest BCUT2D eigenvalue weighted by Gasteiger charge is -2.12. The number of carbonyl (C=O) groups is 1. The van der Waals surface area contributed by atoms with E-state index in [0.717, 1.165) is 33.3 Å². The molecule has 0 bridgehead atoms. The van der Waals surface area contributed by atoms with Crippen LogP contribution in [0, 0.1) is 6.92 Å². The van der Waals surface area contributed by atoms with Gasteiger partial charge < -0.3 is 10.1 Å². The summed E-state index contributed by atoms with van der Waals surface area (Å²) >= 11 is 0. The highest BCUT2D eigenvalue weighted by molar-refractivity contribution is 6.03. The Hall–Kier alpha value is -3.92. The van der Waals surface area contributed by atoms with E-state index >= 15 is 0 Å². The van der Waals surface area contributed by atoms with Crippen molar-refractivity contribution in [1.29, 1.82) is 0 Å². The first kappa shape index (κ1) is 19.4. The first-order valence-electron chi connectivity index (χ1n) is 9.79. The zero-order valence-corrected chi connectivity index (χ0v) is 16.7. The summed E-state index contributed by atoms with van der Waals surface area (Å²) in [7, 11) is 0. The summed E-state index contributed by atoms with van der Waals surface area (Å²) in [5.74, 6) is 0.410. The number of amides is 1. The minimum absolute atomic E-state index is 0.0849. The Balaban J connectivity index is 1.57. The van der Waals surface area contributed by atoms with Gasteiger partial charge in [0.05, 0.1) is 5.69 Å². The lowest BCUT2D eigenvalue weighted by Crippen LogP contribution is -2.20. The molecule has 0 spiro atoms. The van der Waals surface area contributed by atoms with Crippen LogP contribution in [-0.4, -0.2) is 18.7 Å². The molecule has 0 saturated heterocycles. The first-order chi connectivity index (χ1) is 14.7. The van der Waals surface area contributed by atoms with Gasteiger partial charge in [-0.25, -0.2) is 0 Å². The van der Waals surface area contributed by atoms with Crippen LogP contribution in [-0.2, 0) is 4.79 Å². The molecule has 1 amide bonds. The van der Waals surface area contributed by atoms with Crippen LogP contribution in [0.5, 0.6) is 5.75 Å². The highest BCUT2D eigenvalue weighted by Crippen LogP contribution is 2.27. The topological polar surface area (TPSA) is 50.7 Å². The molecular formula is C26H22N2O2. The molecule has 4 nitrogen and oxygen atoms in total. The van der Waals surface area contributed by atoms with E-state index in [1.165, 1.54) is 0 Å². The molecule has 0 radical (unpaired) electrons. The zero-order valence-electron chi connectivity index (χ0n) is 16.7. The Kier molecular flexibility index (Phi) is 5.85. The van der Waals surface area contributed by atoms with Crippen LogP contribution in [0.1, 0.15) is 11.1 Å². The minimum atomic E-state index is -0.209. The van der Waals surface area contributed by atoms with Crippen molar-refractivity contribution < 1.29 is 9.53 Å². The van der Waals surface area contributed by atoms with Crippen molar-refractivity contribution in [2.75, 3.05) is 11.9 Å². The Morgan fingerprint density at radius 3 is 2.57 bits per heavy atom. The van der Waals surface area contributed by atoms with E-state index in [0.29, 0.717) is 5.75 Å². The number of nitrogens with zero attached hydrogens (tertiary/aromatic N) is 1. The summed E-state index contributed by atoms with van der Waals surface area (Å²) < 4.78 is 5.89. The van der Waals surface area contributed by atoms with Crippen LogP contribution in [0.2, 0.25) is 0 Å². The summed E-state index contributed by atoms with van der Waals surface area (Å²) in [5.41, 5.74) is 3.55. The average Bonchev–Trinajstić information content (AvgIpc) is 2.77. The number of nitrogens with one attached hydrogen (secondary N) is 1. The van der Waals surface area contributed by atoms with Crippen molar-refractivity contribution in [1.82, 2.24) is 0 Å². The Morgan fingerprint density at radius 1 is 0.933 bits per heavy atom. The third kappa shape index (κ3) is 4.73. The predicted molar refractivity (Wildman–Crippen MR) is 123 cm³/mol. The van der Waals surface area contributed by atoms with Gasteiger partial charge in [0.15, 0.2) is 6.61 Å². The molecule has 0 aliphatic carbocycles. The summed E-state index contributed by atoms with van der Waals surface area (Å²) in [6.45, 7) is 1.90. The van der Waals surface area contributed by atoms with Gasteiger partial charge in [0.25, 0.3) is 5.91 Å². The van der Waals surface area contributed by atoms with Crippen LogP contribution in [0.15, 0.2) is 96.0 Å². The van der Waals surface area contributed by atoms with Gasteiger partial charge in [-0.2, -0.15) is 0 Å². The molecule has 0 aliphatic rings. The Bertz CT molecular complexity index is 1200. The van der Waals surface area contributed by atoms with Crippen molar-refractivity contribution >= 4 is 34.3 Å². The average molecular weight is 394 g/mol. The summed E-state index contributed by atoms with van der Waals surface area (Å²) in [6.07, 6.45) is 1.80.